The summed E-state index contributed by atoms with van der Waals surface area (Å²) >= 11 is 3.38. The molecule has 1 aromatic rings. The first kappa shape index (κ1) is 12.7. The van der Waals surface area contributed by atoms with E-state index in [1.54, 1.807) is 0 Å². The van der Waals surface area contributed by atoms with Crippen LogP contribution in [0.1, 0.15) is 25.8 Å². The molecule has 15 heavy (non-hydrogen) atoms. The van der Waals surface area contributed by atoms with E-state index in [9.17, 15) is 5.11 Å². The Morgan fingerprint density at radius 2 is 1.93 bits per heavy atom. The molecule has 0 radical (unpaired) electrons. The highest BCUT2D eigenvalue weighted by Crippen LogP contribution is 2.21. The van der Waals surface area contributed by atoms with Crippen molar-refractivity contribution < 1.29 is 5.11 Å². The summed E-state index contributed by atoms with van der Waals surface area (Å²) < 4.78 is 1.03. The Labute approximate surface area is 99.8 Å². The third kappa shape index (κ3) is 3.93. The van der Waals surface area contributed by atoms with Gasteiger partial charge in [0.15, 0.2) is 0 Å². The summed E-state index contributed by atoms with van der Waals surface area (Å²) in [4.78, 5) is 0. The monoisotopic (exact) mass is 271 g/mol. The van der Waals surface area contributed by atoms with E-state index in [0.717, 1.165) is 23.0 Å². The van der Waals surface area contributed by atoms with Gasteiger partial charge in [0.2, 0.25) is 0 Å². The molecule has 84 valence electrons. The van der Waals surface area contributed by atoms with Crippen LogP contribution in [0.15, 0.2) is 28.7 Å². The van der Waals surface area contributed by atoms with Gasteiger partial charge in [-0.1, -0.05) is 35.0 Å². The Bertz CT molecular complexity index is 295. The van der Waals surface area contributed by atoms with Gasteiger partial charge in [-0.3, -0.25) is 0 Å². The number of nitrogens with one attached hydrogen (secondary N) is 1. The summed E-state index contributed by atoms with van der Waals surface area (Å²) in [5.74, 6) is 0. The zero-order chi connectivity index (χ0) is 11.3. The van der Waals surface area contributed by atoms with E-state index in [4.69, 9.17) is 0 Å². The van der Waals surface area contributed by atoms with Crippen LogP contribution >= 0.6 is 15.9 Å². The lowest BCUT2D eigenvalue weighted by molar-refractivity contribution is 0.0572. The standard InChI is InChI=1S/C12H18BrNO/c1-3-8-14-9-12(2,15)10-4-6-11(13)7-5-10/h4-7,14-15H,3,8-9H2,1-2H3. The van der Waals surface area contributed by atoms with E-state index in [1.165, 1.54) is 0 Å². The van der Waals surface area contributed by atoms with Crippen LogP contribution in [-0.4, -0.2) is 18.2 Å². The van der Waals surface area contributed by atoms with Crippen molar-refractivity contribution >= 4 is 15.9 Å². The molecule has 0 bridgehead atoms. The van der Waals surface area contributed by atoms with Gasteiger partial charge in [-0.05, 0) is 37.6 Å². The molecule has 0 aliphatic rings. The summed E-state index contributed by atoms with van der Waals surface area (Å²) in [7, 11) is 0. The maximum atomic E-state index is 10.2. The summed E-state index contributed by atoms with van der Waals surface area (Å²) in [5, 5.41) is 13.5. The average molecular weight is 272 g/mol. The van der Waals surface area contributed by atoms with Crippen molar-refractivity contribution in [2.45, 2.75) is 25.9 Å². The van der Waals surface area contributed by atoms with Crippen LogP contribution in [0, 0.1) is 0 Å². The van der Waals surface area contributed by atoms with E-state index in [2.05, 4.69) is 28.2 Å². The van der Waals surface area contributed by atoms with Crippen molar-refractivity contribution in [2.75, 3.05) is 13.1 Å². The predicted molar refractivity (Wildman–Crippen MR) is 66.9 cm³/mol. The lowest BCUT2D eigenvalue weighted by Gasteiger charge is -2.24. The highest BCUT2D eigenvalue weighted by atomic mass is 79.9. The Hall–Kier alpha value is -0.380. The Balaban J connectivity index is 2.63. The van der Waals surface area contributed by atoms with Crippen LogP contribution in [0.25, 0.3) is 0 Å². The lowest BCUT2D eigenvalue weighted by atomic mass is 9.96. The van der Waals surface area contributed by atoms with Gasteiger partial charge in [0, 0.05) is 11.0 Å². The molecule has 0 saturated carbocycles. The van der Waals surface area contributed by atoms with E-state index >= 15 is 0 Å². The quantitative estimate of drug-likeness (QED) is 0.808. The summed E-state index contributed by atoms with van der Waals surface area (Å²) in [5.41, 5.74) is 0.143. The fraction of sp³-hybridized carbons (Fsp3) is 0.500. The van der Waals surface area contributed by atoms with E-state index in [1.807, 2.05) is 31.2 Å². The predicted octanol–water partition coefficient (Wildman–Crippen LogP) is 2.66. The third-order valence-electron chi connectivity index (χ3n) is 2.36. The molecule has 3 heteroatoms. The number of aliphatic hydroxyl groups is 1. The van der Waals surface area contributed by atoms with Crippen LogP contribution in [0.4, 0.5) is 0 Å². The molecule has 0 spiro atoms. The molecule has 0 heterocycles. The highest BCUT2D eigenvalue weighted by molar-refractivity contribution is 9.10. The van der Waals surface area contributed by atoms with Crippen molar-refractivity contribution in [2.24, 2.45) is 0 Å². The van der Waals surface area contributed by atoms with Crippen LogP contribution in [0.5, 0.6) is 0 Å². The first-order valence-corrected chi connectivity index (χ1v) is 6.04. The second kappa shape index (κ2) is 5.64. The smallest absolute Gasteiger partial charge is 0.0992 e. The van der Waals surface area contributed by atoms with Gasteiger partial charge in [0.25, 0.3) is 0 Å². The number of halogens is 1. The minimum atomic E-state index is -0.796. The van der Waals surface area contributed by atoms with Crippen LogP contribution in [0.3, 0.4) is 0 Å². The molecule has 1 unspecified atom stereocenters. The number of rotatable bonds is 5. The zero-order valence-electron chi connectivity index (χ0n) is 9.26. The molecular formula is C12H18BrNO. The third-order valence-corrected chi connectivity index (χ3v) is 2.89. The van der Waals surface area contributed by atoms with Crippen molar-refractivity contribution in [1.29, 1.82) is 0 Å². The molecule has 1 aromatic carbocycles. The van der Waals surface area contributed by atoms with Gasteiger partial charge in [-0.25, -0.2) is 0 Å². The zero-order valence-corrected chi connectivity index (χ0v) is 10.8. The largest absolute Gasteiger partial charge is 0.384 e. The molecular weight excluding hydrogens is 254 g/mol. The van der Waals surface area contributed by atoms with Gasteiger partial charge in [0.1, 0.15) is 0 Å². The molecule has 2 N–H and O–H groups in total. The number of hydrogen-bond donors (Lipinski definition) is 2. The van der Waals surface area contributed by atoms with Crippen molar-refractivity contribution in [1.82, 2.24) is 5.32 Å². The Morgan fingerprint density at radius 1 is 1.33 bits per heavy atom. The minimum Gasteiger partial charge on any atom is -0.384 e. The minimum absolute atomic E-state index is 0.586. The van der Waals surface area contributed by atoms with Gasteiger partial charge in [0.05, 0.1) is 5.60 Å². The molecule has 0 aliphatic carbocycles. The normalized spacial score (nSPS) is 14.9. The molecule has 2 nitrogen and oxygen atoms in total. The molecule has 1 atom stereocenters. The number of hydrogen-bond acceptors (Lipinski definition) is 2. The van der Waals surface area contributed by atoms with Crippen molar-refractivity contribution in [3.63, 3.8) is 0 Å². The summed E-state index contributed by atoms with van der Waals surface area (Å²) in [6, 6.07) is 7.78. The molecule has 0 saturated heterocycles. The molecule has 1 rings (SSSR count). The summed E-state index contributed by atoms with van der Waals surface area (Å²) in [6.07, 6.45) is 1.08. The Morgan fingerprint density at radius 3 is 2.47 bits per heavy atom. The van der Waals surface area contributed by atoms with Gasteiger partial charge >= 0.3 is 0 Å². The topological polar surface area (TPSA) is 32.3 Å². The highest BCUT2D eigenvalue weighted by Gasteiger charge is 2.21. The molecule has 0 amide bonds. The number of benzene rings is 1. The molecule has 0 aliphatic heterocycles. The second-order valence-electron chi connectivity index (χ2n) is 3.96. The van der Waals surface area contributed by atoms with Crippen LogP contribution in [0.2, 0.25) is 0 Å². The second-order valence-corrected chi connectivity index (χ2v) is 4.87. The average Bonchev–Trinajstić information content (AvgIpc) is 2.18. The van der Waals surface area contributed by atoms with Gasteiger partial charge in [-0.15, -0.1) is 0 Å². The van der Waals surface area contributed by atoms with Crippen molar-refractivity contribution in [3.05, 3.63) is 34.3 Å². The van der Waals surface area contributed by atoms with Crippen LogP contribution in [-0.2, 0) is 5.60 Å². The lowest BCUT2D eigenvalue weighted by Crippen LogP contribution is -2.35. The molecule has 0 aromatic heterocycles. The first-order chi connectivity index (χ1) is 7.06. The van der Waals surface area contributed by atoms with Gasteiger partial charge < -0.3 is 10.4 Å². The fourth-order valence-electron chi connectivity index (χ4n) is 1.42. The van der Waals surface area contributed by atoms with Gasteiger partial charge in [-0.2, -0.15) is 0 Å². The first-order valence-electron chi connectivity index (χ1n) is 5.25. The van der Waals surface area contributed by atoms with Crippen molar-refractivity contribution in [3.8, 4) is 0 Å². The summed E-state index contributed by atoms with van der Waals surface area (Å²) in [6.45, 7) is 5.47. The Kier molecular flexibility index (Phi) is 4.77. The van der Waals surface area contributed by atoms with E-state index in [-0.39, 0.29) is 0 Å². The van der Waals surface area contributed by atoms with E-state index in [0.29, 0.717) is 6.54 Å². The maximum absolute atomic E-state index is 10.2. The molecule has 0 fully saturated rings. The fourth-order valence-corrected chi connectivity index (χ4v) is 1.68. The SMILES string of the molecule is CCCNCC(C)(O)c1ccc(Br)cc1. The van der Waals surface area contributed by atoms with E-state index < -0.39 is 5.60 Å². The maximum Gasteiger partial charge on any atom is 0.0992 e. The van der Waals surface area contributed by atoms with Crippen LogP contribution < -0.4 is 5.32 Å².